The van der Waals surface area contributed by atoms with Crippen LogP contribution in [0, 0.1) is 11.8 Å². The molecule has 24 nitrogen and oxygen atoms in total. The molecule has 7 amide bonds. The van der Waals surface area contributed by atoms with Crippen LogP contribution in [-0.2, 0) is 54.1 Å². The van der Waals surface area contributed by atoms with Crippen LogP contribution in [-0.4, -0.2) is 154 Å². The van der Waals surface area contributed by atoms with Crippen molar-refractivity contribution < 1.29 is 76.6 Å². The van der Waals surface area contributed by atoms with Crippen molar-refractivity contribution >= 4 is 92.8 Å². The number of nitrogens with two attached hydrogens (primary N) is 1. The van der Waals surface area contributed by atoms with E-state index in [-0.39, 0.29) is 71.4 Å². The number of unbranched alkanes of at least 4 members (excludes halogenated alkanes) is 1. The number of carbonyl (C=O) groups excluding carboxylic acids is 8. The van der Waals surface area contributed by atoms with Gasteiger partial charge in [-0.3, -0.25) is 30.3 Å². The Morgan fingerprint density at radius 2 is 1.76 bits per heavy atom. The fourth-order valence-electron chi connectivity index (χ4n) is 9.80. The molecule has 3 aliphatic heterocycles. The Hall–Kier alpha value is -6.77. The van der Waals surface area contributed by atoms with Gasteiger partial charge in [-0.05, 0) is 88.1 Å². The van der Waals surface area contributed by atoms with E-state index < -0.39 is 108 Å². The quantitative estimate of drug-likeness (QED) is 0.0112. The summed E-state index contributed by atoms with van der Waals surface area (Å²) in [6.07, 6.45) is 1.31. The molecule has 0 aromatic heterocycles. The molecule has 83 heavy (non-hydrogen) atoms. The SMILES string of the molecule is C=C(CBr)C(=O)OCCCCC(C=O)N[C@H](C(=O)N[C@@H](CCCNC(N)=O)C(=O)Nc1ccc(NC(=O)O[C@H]2CC(=O)N(C)c3cc(cc(OC)c3Cl)C/C(C)=C/C=C/[C@@H](OC)[C@@]3(O)C[C@H](OC(=O)N3)[C@@H](C)[C@@H]3O[C@@]23C)cc1OC)C(C)C. The van der Waals surface area contributed by atoms with Gasteiger partial charge in [0.15, 0.2) is 5.72 Å². The molecule has 26 heteroatoms. The number of amides is 7. The molecule has 0 spiro atoms. The first-order chi connectivity index (χ1) is 39.3. The fraction of sp³-hybridized carbons (Fsp3) is 0.544. The second-order valence-electron chi connectivity index (χ2n) is 21.2. The Kier molecular flexibility index (Phi) is 24.8. The number of aldehydes is 1. The first-order valence-electron chi connectivity index (χ1n) is 27.1. The lowest BCUT2D eigenvalue weighted by molar-refractivity contribution is -0.142. The van der Waals surface area contributed by atoms with E-state index in [1.54, 1.807) is 52.0 Å². The topological polar surface area (TPSA) is 326 Å². The molecule has 3 aliphatic rings. The number of nitrogens with zero attached hydrogens (tertiary/aromatic N) is 1. The van der Waals surface area contributed by atoms with Gasteiger partial charge in [-0.2, -0.15) is 0 Å². The summed E-state index contributed by atoms with van der Waals surface area (Å²) in [5, 5.41) is 28.6. The number of methoxy groups -OCH3 is 3. The van der Waals surface area contributed by atoms with Gasteiger partial charge in [0.25, 0.3) is 0 Å². The van der Waals surface area contributed by atoms with Crippen molar-refractivity contribution in [3.05, 3.63) is 76.9 Å². The van der Waals surface area contributed by atoms with E-state index in [1.165, 1.54) is 51.5 Å². The van der Waals surface area contributed by atoms with Crippen LogP contribution < -0.4 is 52.0 Å². The third kappa shape index (κ3) is 18.4. The monoisotopic (exact) mass is 1240 g/mol. The zero-order valence-corrected chi connectivity index (χ0v) is 50.6. The number of epoxide rings is 1. The molecule has 5 rings (SSSR count). The third-order valence-electron chi connectivity index (χ3n) is 14.6. The molecule has 0 saturated carbocycles. The average Bonchev–Trinajstić information content (AvgIpc) is 2.37. The van der Waals surface area contributed by atoms with Crippen LogP contribution in [0.25, 0.3) is 0 Å². The number of allylic oxidation sites excluding steroid dienone is 3. The molecule has 456 valence electrons. The zero-order valence-electron chi connectivity index (χ0n) is 48.2. The number of ether oxygens (including phenoxy) is 7. The second kappa shape index (κ2) is 30.7. The Morgan fingerprint density at radius 3 is 2.41 bits per heavy atom. The Labute approximate surface area is 496 Å². The van der Waals surface area contributed by atoms with Gasteiger partial charge >= 0.3 is 24.2 Å². The zero-order chi connectivity index (χ0) is 61.3. The summed E-state index contributed by atoms with van der Waals surface area (Å²) >= 11 is 10.0. The molecule has 10 atom stereocenters. The number of fused-ring (bicyclic) bond motifs is 5. The number of carbonyl (C=O) groups is 8. The molecule has 2 saturated heterocycles. The van der Waals surface area contributed by atoms with E-state index in [4.69, 9.17) is 50.5 Å². The Bertz CT molecular complexity index is 2770. The van der Waals surface area contributed by atoms with Crippen LogP contribution in [0.4, 0.5) is 31.4 Å². The van der Waals surface area contributed by atoms with Crippen molar-refractivity contribution in [3.8, 4) is 11.5 Å². The van der Waals surface area contributed by atoms with Crippen LogP contribution in [0.3, 0.4) is 0 Å². The number of hydrogen-bond acceptors (Lipinski definition) is 17. The van der Waals surface area contributed by atoms with Crippen molar-refractivity contribution in [2.45, 2.75) is 140 Å². The number of rotatable bonds is 24. The minimum Gasteiger partial charge on any atom is -0.495 e. The number of benzene rings is 2. The smallest absolute Gasteiger partial charge is 0.412 e. The number of urea groups is 1. The summed E-state index contributed by atoms with van der Waals surface area (Å²) in [6.45, 7) is 12.7. The van der Waals surface area contributed by atoms with Crippen LogP contribution in [0.1, 0.15) is 85.1 Å². The van der Waals surface area contributed by atoms with Gasteiger partial charge in [-0.25, -0.2) is 19.2 Å². The van der Waals surface area contributed by atoms with Crippen molar-refractivity contribution in [2.24, 2.45) is 17.6 Å². The maximum absolute atomic E-state index is 14.5. The molecule has 0 radical (unpaired) electrons. The van der Waals surface area contributed by atoms with Crippen molar-refractivity contribution in [3.63, 3.8) is 0 Å². The molecule has 2 fully saturated rings. The summed E-state index contributed by atoms with van der Waals surface area (Å²) in [4.78, 5) is 107. The van der Waals surface area contributed by atoms with Crippen molar-refractivity contribution in [1.29, 1.82) is 0 Å². The number of esters is 1. The van der Waals surface area contributed by atoms with E-state index in [0.717, 1.165) is 11.1 Å². The molecule has 2 aromatic rings. The van der Waals surface area contributed by atoms with Gasteiger partial charge in [0.1, 0.15) is 52.8 Å². The van der Waals surface area contributed by atoms with Gasteiger partial charge in [0, 0.05) is 55.7 Å². The standard InChI is InChI=1S/C57H78BrClN8O16/c1-31(2)48(62-37(30-68)16-11-12-22-80-52(72)33(4)29-58)51(71)65-39(17-14-21-61-53(60)73)50(70)64-38-20-19-36(26-41(38)77-8)63-54(74)82-45-27-46(69)67(7)40-24-35(25-42(78-9)47(40)59)23-32(3)15-13-18-44(79-10)57(76)28-43(81-55(75)66-57)34(5)49-56(45,6)83-49/h13,15,18-20,24-26,30-31,34,37,39,43-45,48-49,62,76H,4,11-12,14,16-17,21-23,27-29H2,1-3,5-10H3,(H,63,74)(H,64,70)(H,65,71)(H,66,75)(H3,60,61,73)/b18-13+,32-15+/t34-,37?,39+,43+,44-,45+,48+,49+,56+,57+/m1/s1. The van der Waals surface area contributed by atoms with Crippen LogP contribution in [0.5, 0.6) is 11.5 Å². The Balaban J connectivity index is 1.36. The van der Waals surface area contributed by atoms with E-state index in [2.05, 4.69) is 54.4 Å². The molecule has 0 aliphatic carbocycles. The molecule has 9 N–H and O–H groups in total. The molecule has 3 heterocycles. The van der Waals surface area contributed by atoms with E-state index in [0.29, 0.717) is 43.4 Å². The number of primary amides is 1. The van der Waals surface area contributed by atoms with Gasteiger partial charge < -0.3 is 69.6 Å². The number of aliphatic hydroxyl groups is 1. The first-order valence-corrected chi connectivity index (χ1v) is 28.6. The Morgan fingerprint density at radius 1 is 1.04 bits per heavy atom. The number of halogens is 2. The summed E-state index contributed by atoms with van der Waals surface area (Å²) < 4.78 is 40.3. The highest BCUT2D eigenvalue weighted by molar-refractivity contribution is 9.09. The lowest BCUT2D eigenvalue weighted by Crippen LogP contribution is -2.63. The lowest BCUT2D eigenvalue weighted by atomic mass is 9.83. The highest BCUT2D eigenvalue weighted by atomic mass is 79.9. The number of anilines is 3. The highest BCUT2D eigenvalue weighted by Crippen LogP contribution is 2.49. The summed E-state index contributed by atoms with van der Waals surface area (Å²) in [6, 6.07) is 4.18. The number of alkyl carbamates (subject to hydrolysis) is 1. The van der Waals surface area contributed by atoms with Crippen LogP contribution >= 0.6 is 27.5 Å². The lowest BCUT2D eigenvalue weighted by Gasteiger charge is -2.42. The third-order valence-corrected chi connectivity index (χ3v) is 15.7. The van der Waals surface area contributed by atoms with Gasteiger partial charge in [-0.1, -0.05) is 78.7 Å². The van der Waals surface area contributed by atoms with Crippen molar-refractivity contribution in [1.82, 2.24) is 21.3 Å². The van der Waals surface area contributed by atoms with E-state index in [1.807, 2.05) is 13.0 Å². The normalized spacial score (nSPS) is 24.6. The number of nitrogens with one attached hydrogen (secondary N) is 6. The van der Waals surface area contributed by atoms with Crippen molar-refractivity contribution in [2.75, 3.05) is 62.4 Å². The number of alkyl halides is 1. The van der Waals surface area contributed by atoms with Gasteiger partial charge in [0.2, 0.25) is 17.7 Å². The number of hydrogen-bond donors (Lipinski definition) is 8. The molecular formula is C57H78BrClN8O16. The highest BCUT2D eigenvalue weighted by Gasteiger charge is 2.64. The molecular weight excluding hydrogens is 1170 g/mol. The molecule has 2 aromatic carbocycles. The minimum atomic E-state index is -1.91. The summed E-state index contributed by atoms with van der Waals surface area (Å²) in [5.41, 5.74) is 4.50. The van der Waals surface area contributed by atoms with Crippen LogP contribution in [0.2, 0.25) is 5.02 Å². The molecule has 4 bridgehead atoms. The maximum Gasteiger partial charge on any atom is 0.412 e. The fourth-order valence-corrected chi connectivity index (χ4v) is 10.3. The van der Waals surface area contributed by atoms with E-state index in [9.17, 15) is 43.5 Å². The minimum absolute atomic E-state index is 0.0392. The first kappa shape index (κ1) is 67.0. The predicted octanol–water partition coefficient (Wildman–Crippen LogP) is 6.10. The van der Waals surface area contributed by atoms with Gasteiger partial charge in [0.05, 0.1) is 56.8 Å². The second-order valence-corrected chi connectivity index (χ2v) is 22.2. The molecule has 1 unspecified atom stereocenters. The maximum atomic E-state index is 14.5. The largest absolute Gasteiger partial charge is 0.495 e. The van der Waals surface area contributed by atoms with Gasteiger partial charge in [-0.15, -0.1) is 0 Å². The summed E-state index contributed by atoms with van der Waals surface area (Å²) in [7, 11) is 5.72. The predicted molar refractivity (Wildman–Crippen MR) is 312 cm³/mol. The van der Waals surface area contributed by atoms with Crippen LogP contribution in [0.15, 0.2) is 66.3 Å². The average molecular weight is 1250 g/mol. The summed E-state index contributed by atoms with van der Waals surface area (Å²) in [5.74, 6) is -2.88. The van der Waals surface area contributed by atoms with E-state index >= 15 is 0 Å².